The Balaban J connectivity index is 2.20. The molecular formula is C9H13N3O2Se. The Morgan fingerprint density at radius 2 is 2.47 bits per heavy atom. The monoisotopic (exact) mass is 275 g/mol. The summed E-state index contributed by atoms with van der Waals surface area (Å²) in [4.78, 5) is 15.9. The van der Waals surface area contributed by atoms with Crippen LogP contribution in [-0.2, 0) is 0 Å². The molecule has 3 N–H and O–H groups in total. The summed E-state index contributed by atoms with van der Waals surface area (Å²) >= 11 is 0.274. The van der Waals surface area contributed by atoms with Gasteiger partial charge in [-0.3, -0.25) is 0 Å². The summed E-state index contributed by atoms with van der Waals surface area (Å²) in [6.07, 6.45) is 3.66. The predicted molar refractivity (Wildman–Crippen MR) is 57.8 cm³/mol. The number of nitrogen functional groups attached to an aromatic ring is 1. The number of hydrogen-bond acceptors (Lipinski definition) is 4. The standard InChI is InChI=1S/C9H13N3O2Se/c10-7-3-4-12(9(14)11-7)8-2-1-6(5-13)15-8/h3-4,6,8,13H,1-2,5H2,(H2,10,11,14)/t6-,8-/m0/s1. The van der Waals surface area contributed by atoms with Crippen molar-refractivity contribution < 1.29 is 5.11 Å². The van der Waals surface area contributed by atoms with Gasteiger partial charge in [0.25, 0.3) is 0 Å². The molecule has 0 amide bonds. The molecule has 0 radical (unpaired) electrons. The van der Waals surface area contributed by atoms with E-state index in [1.54, 1.807) is 16.8 Å². The second-order valence-corrected chi connectivity index (χ2v) is 6.63. The third-order valence-corrected chi connectivity index (χ3v) is 5.70. The molecule has 2 rings (SSSR count). The number of nitrogens with zero attached hydrogens (tertiary/aromatic N) is 2. The van der Waals surface area contributed by atoms with E-state index in [2.05, 4.69) is 4.98 Å². The van der Waals surface area contributed by atoms with Crippen LogP contribution in [0.1, 0.15) is 17.8 Å². The van der Waals surface area contributed by atoms with Crippen LogP contribution in [0.25, 0.3) is 0 Å². The van der Waals surface area contributed by atoms with E-state index in [1.807, 2.05) is 0 Å². The second kappa shape index (κ2) is 4.35. The summed E-state index contributed by atoms with van der Waals surface area (Å²) in [5.41, 5.74) is 5.14. The summed E-state index contributed by atoms with van der Waals surface area (Å²) in [5.74, 6) is 0.264. The quantitative estimate of drug-likeness (QED) is 0.719. The molecule has 1 fully saturated rings. The number of anilines is 1. The van der Waals surface area contributed by atoms with Gasteiger partial charge < -0.3 is 0 Å². The minimum atomic E-state index is -0.277. The van der Waals surface area contributed by atoms with Crippen molar-refractivity contribution in [2.45, 2.75) is 22.6 Å². The van der Waals surface area contributed by atoms with Crippen molar-refractivity contribution in [3.63, 3.8) is 0 Å². The molecule has 1 aromatic heterocycles. The van der Waals surface area contributed by atoms with Crippen molar-refractivity contribution in [1.82, 2.24) is 9.55 Å². The summed E-state index contributed by atoms with van der Waals surface area (Å²) < 4.78 is 1.64. The first-order valence-electron chi connectivity index (χ1n) is 4.81. The third-order valence-electron chi connectivity index (χ3n) is 2.45. The number of hydrogen-bond donors (Lipinski definition) is 2. The van der Waals surface area contributed by atoms with E-state index in [0.717, 1.165) is 12.8 Å². The topological polar surface area (TPSA) is 81.1 Å². The van der Waals surface area contributed by atoms with Gasteiger partial charge in [0.05, 0.1) is 0 Å². The fourth-order valence-electron chi connectivity index (χ4n) is 1.67. The molecule has 1 aliphatic heterocycles. The number of nitrogens with two attached hydrogens (primary N) is 1. The van der Waals surface area contributed by atoms with Crippen molar-refractivity contribution >= 4 is 20.8 Å². The molecule has 2 heterocycles. The van der Waals surface area contributed by atoms with Gasteiger partial charge in [0.2, 0.25) is 0 Å². The molecule has 15 heavy (non-hydrogen) atoms. The van der Waals surface area contributed by atoms with Crippen LogP contribution in [0.3, 0.4) is 0 Å². The number of rotatable bonds is 2. The van der Waals surface area contributed by atoms with Gasteiger partial charge in [-0.2, -0.15) is 0 Å². The molecule has 0 spiro atoms. The van der Waals surface area contributed by atoms with E-state index in [-0.39, 0.29) is 38.0 Å². The van der Waals surface area contributed by atoms with Gasteiger partial charge >= 0.3 is 93.1 Å². The summed E-state index contributed by atoms with van der Waals surface area (Å²) in [6.45, 7) is 0.230. The van der Waals surface area contributed by atoms with Crippen LogP contribution < -0.4 is 11.4 Å². The first-order valence-corrected chi connectivity index (χ1v) is 6.79. The molecule has 0 saturated carbocycles. The van der Waals surface area contributed by atoms with E-state index in [1.165, 1.54) is 0 Å². The van der Waals surface area contributed by atoms with E-state index in [9.17, 15) is 4.79 Å². The van der Waals surface area contributed by atoms with Gasteiger partial charge in [-0.25, -0.2) is 0 Å². The Kier molecular flexibility index (Phi) is 3.09. The summed E-state index contributed by atoms with van der Waals surface area (Å²) in [5, 5.41) is 9.04. The van der Waals surface area contributed by atoms with E-state index >= 15 is 0 Å². The molecule has 0 aromatic carbocycles. The zero-order valence-electron chi connectivity index (χ0n) is 8.17. The van der Waals surface area contributed by atoms with Crippen molar-refractivity contribution in [2.75, 3.05) is 12.3 Å². The zero-order valence-corrected chi connectivity index (χ0v) is 9.88. The van der Waals surface area contributed by atoms with Crippen LogP contribution in [-0.4, -0.2) is 36.2 Å². The van der Waals surface area contributed by atoms with Gasteiger partial charge in [-0.1, -0.05) is 0 Å². The Morgan fingerprint density at radius 1 is 1.67 bits per heavy atom. The summed E-state index contributed by atoms with van der Waals surface area (Å²) in [7, 11) is 0. The van der Waals surface area contributed by atoms with Crippen LogP contribution >= 0.6 is 0 Å². The van der Waals surface area contributed by atoms with E-state index < -0.39 is 0 Å². The molecule has 1 saturated heterocycles. The fourth-order valence-corrected chi connectivity index (χ4v) is 4.54. The molecular weight excluding hydrogens is 261 g/mol. The van der Waals surface area contributed by atoms with Crippen LogP contribution in [0.2, 0.25) is 4.82 Å². The van der Waals surface area contributed by atoms with Crippen LogP contribution in [0, 0.1) is 0 Å². The molecule has 2 atom stereocenters. The van der Waals surface area contributed by atoms with Gasteiger partial charge in [-0.05, 0) is 0 Å². The average Bonchev–Trinajstić information content (AvgIpc) is 2.66. The van der Waals surface area contributed by atoms with Gasteiger partial charge in [-0.15, -0.1) is 0 Å². The first-order chi connectivity index (χ1) is 7.20. The Hall–Kier alpha value is -0.841. The van der Waals surface area contributed by atoms with Gasteiger partial charge in [0.15, 0.2) is 0 Å². The van der Waals surface area contributed by atoms with Crippen LogP contribution in [0.4, 0.5) is 5.82 Å². The third kappa shape index (κ3) is 2.22. The van der Waals surface area contributed by atoms with Gasteiger partial charge in [0.1, 0.15) is 0 Å². The zero-order chi connectivity index (χ0) is 10.8. The minimum absolute atomic E-state index is 0.230. The van der Waals surface area contributed by atoms with Crippen molar-refractivity contribution in [3.8, 4) is 0 Å². The molecule has 1 aromatic rings. The van der Waals surface area contributed by atoms with Crippen LogP contribution in [0.5, 0.6) is 0 Å². The van der Waals surface area contributed by atoms with Crippen molar-refractivity contribution in [1.29, 1.82) is 0 Å². The molecule has 82 valence electrons. The molecule has 0 aliphatic carbocycles. The van der Waals surface area contributed by atoms with Gasteiger partial charge in [0, 0.05) is 0 Å². The molecule has 1 aliphatic rings. The SMILES string of the molecule is Nc1ccn([C@@H]2CC[C@@H](CO)[Se]2)c(=O)n1. The second-order valence-electron chi connectivity index (χ2n) is 3.51. The number of aliphatic hydroxyl groups is 1. The maximum absolute atomic E-state index is 11.5. The molecule has 0 bridgehead atoms. The molecule has 6 heteroatoms. The summed E-state index contributed by atoms with van der Waals surface area (Å²) in [6, 6.07) is 1.64. The fraction of sp³-hybridized carbons (Fsp3) is 0.556. The van der Waals surface area contributed by atoms with Crippen LogP contribution in [0.15, 0.2) is 17.1 Å². The number of aromatic nitrogens is 2. The van der Waals surface area contributed by atoms with E-state index in [4.69, 9.17) is 10.8 Å². The molecule has 5 nitrogen and oxygen atoms in total. The average molecular weight is 274 g/mol. The Morgan fingerprint density at radius 3 is 3.07 bits per heavy atom. The maximum atomic E-state index is 11.5. The van der Waals surface area contributed by atoms with Crippen molar-refractivity contribution in [3.05, 3.63) is 22.7 Å². The Labute approximate surface area is 93.5 Å². The number of aliphatic hydroxyl groups excluding tert-OH is 1. The normalized spacial score (nSPS) is 25.7. The van der Waals surface area contributed by atoms with Crippen molar-refractivity contribution in [2.24, 2.45) is 0 Å². The van der Waals surface area contributed by atoms with E-state index in [0.29, 0.717) is 4.82 Å². The first kappa shape index (κ1) is 10.7. The predicted octanol–water partition coefficient (Wildman–Crippen LogP) is -0.397. The Bertz CT molecular complexity index is 407. The molecule has 0 unspecified atom stereocenters.